The first kappa shape index (κ1) is 28.2. The summed E-state index contributed by atoms with van der Waals surface area (Å²) >= 11 is 0. The Morgan fingerprint density at radius 2 is 1.59 bits per heavy atom. The number of hydrogen-bond donors (Lipinski definition) is 1. The number of phenols is 1. The zero-order chi connectivity index (χ0) is 28.3. The number of fused-ring (bicyclic) bond motifs is 3. The van der Waals surface area contributed by atoms with Gasteiger partial charge in [-0.05, 0) is 111 Å². The van der Waals surface area contributed by atoms with Gasteiger partial charge < -0.3 is 19.3 Å². The standard InChI is InChI=1S/C35H46N2O4/c1-4-36(23-24-5-15-31(16-6-24)41-18-17-37-28-10-11-29(37)13-12-28)33-22-35(40-3)34(39-2)21-32(33)27-8-7-26-20-30(38)14-9-25(26)19-27/h5-6,9,14-16,20-22,27-29,32-33,38H,4,7-8,10-13,17-19,23H2,1-3H3/t27-,28?,29?,32?,33?/m1/s1. The zero-order valence-corrected chi connectivity index (χ0v) is 24.9. The topological polar surface area (TPSA) is 54.4 Å². The number of hydrogen-bond acceptors (Lipinski definition) is 6. The van der Waals surface area contributed by atoms with Gasteiger partial charge >= 0.3 is 0 Å². The van der Waals surface area contributed by atoms with Gasteiger partial charge in [0.2, 0.25) is 0 Å². The van der Waals surface area contributed by atoms with Crippen LogP contribution in [0.5, 0.6) is 11.5 Å². The van der Waals surface area contributed by atoms with Crippen LogP contribution in [-0.4, -0.2) is 66.9 Å². The van der Waals surface area contributed by atoms with Crippen LogP contribution in [0.15, 0.2) is 66.1 Å². The maximum atomic E-state index is 9.97. The molecular formula is C35H46N2O4. The number of ether oxygens (including phenoxy) is 3. The molecule has 0 radical (unpaired) electrons. The Hall–Kier alpha value is -2.96. The second-order valence-corrected chi connectivity index (χ2v) is 12.2. The number of nitrogens with zero attached hydrogens (tertiary/aromatic N) is 2. The van der Waals surface area contributed by atoms with Crippen LogP contribution in [0.3, 0.4) is 0 Å². The average Bonchev–Trinajstić information content (AvgIpc) is 3.59. The monoisotopic (exact) mass is 558 g/mol. The number of rotatable bonds is 11. The fourth-order valence-corrected chi connectivity index (χ4v) is 7.91. The van der Waals surface area contributed by atoms with Crippen LogP contribution in [0.4, 0.5) is 0 Å². The molecule has 2 aromatic rings. The van der Waals surface area contributed by atoms with Gasteiger partial charge in [0.05, 0.1) is 14.2 Å². The van der Waals surface area contributed by atoms with E-state index in [1.165, 1.54) is 42.4 Å². The molecular weight excluding hydrogens is 512 g/mol. The summed E-state index contributed by atoms with van der Waals surface area (Å²) in [5.41, 5.74) is 3.91. The molecule has 2 saturated heterocycles. The fourth-order valence-electron chi connectivity index (χ4n) is 7.91. The first-order valence-electron chi connectivity index (χ1n) is 15.6. The lowest BCUT2D eigenvalue weighted by molar-refractivity contribution is 0.132. The summed E-state index contributed by atoms with van der Waals surface area (Å²) in [4.78, 5) is 5.23. The summed E-state index contributed by atoms with van der Waals surface area (Å²) in [6.07, 6.45) is 13.1. The average molecular weight is 559 g/mol. The molecule has 3 atom stereocenters. The summed E-state index contributed by atoms with van der Waals surface area (Å²) in [6, 6.07) is 16.4. The lowest BCUT2D eigenvalue weighted by Gasteiger charge is -2.41. The van der Waals surface area contributed by atoms with Gasteiger partial charge in [0.25, 0.3) is 0 Å². The third-order valence-electron chi connectivity index (χ3n) is 10.1. The molecule has 0 aromatic heterocycles. The van der Waals surface area contributed by atoms with Gasteiger partial charge in [-0.1, -0.05) is 25.1 Å². The highest BCUT2D eigenvalue weighted by atomic mass is 16.5. The second-order valence-electron chi connectivity index (χ2n) is 12.2. The summed E-state index contributed by atoms with van der Waals surface area (Å²) < 4.78 is 17.7. The van der Waals surface area contributed by atoms with Crippen LogP contribution in [0, 0.1) is 11.8 Å². The Morgan fingerprint density at radius 3 is 2.27 bits per heavy atom. The zero-order valence-electron chi connectivity index (χ0n) is 24.9. The predicted octanol–water partition coefficient (Wildman–Crippen LogP) is 6.08. The molecule has 41 heavy (non-hydrogen) atoms. The van der Waals surface area contributed by atoms with Crippen LogP contribution in [0.2, 0.25) is 0 Å². The van der Waals surface area contributed by atoms with Crippen molar-refractivity contribution < 1.29 is 19.3 Å². The van der Waals surface area contributed by atoms with E-state index >= 15 is 0 Å². The van der Waals surface area contributed by atoms with Crippen molar-refractivity contribution in [3.8, 4) is 11.5 Å². The maximum Gasteiger partial charge on any atom is 0.158 e. The van der Waals surface area contributed by atoms with Crippen molar-refractivity contribution in [2.24, 2.45) is 11.8 Å². The van der Waals surface area contributed by atoms with E-state index in [-0.39, 0.29) is 6.04 Å². The highest BCUT2D eigenvalue weighted by molar-refractivity contribution is 5.38. The SMILES string of the molecule is CCN(Cc1ccc(OCCN2C3CCC2CC3)cc1)C1C=C(OC)C(OC)=CC1[C@@H]1CCc2cc(O)ccc2C1. The minimum atomic E-state index is 0.198. The van der Waals surface area contributed by atoms with Gasteiger partial charge in [-0.3, -0.25) is 9.80 Å². The second kappa shape index (κ2) is 12.5. The summed E-state index contributed by atoms with van der Waals surface area (Å²) in [5, 5.41) is 9.97. The summed E-state index contributed by atoms with van der Waals surface area (Å²) in [7, 11) is 3.45. The minimum absolute atomic E-state index is 0.198. The largest absolute Gasteiger partial charge is 0.508 e. The number of aromatic hydroxyl groups is 1. The van der Waals surface area contributed by atoms with E-state index in [0.29, 0.717) is 17.6 Å². The van der Waals surface area contributed by atoms with E-state index in [9.17, 15) is 5.11 Å². The van der Waals surface area contributed by atoms with E-state index < -0.39 is 0 Å². The molecule has 4 aliphatic rings. The molecule has 2 heterocycles. The highest BCUT2D eigenvalue weighted by Gasteiger charge is 2.39. The Morgan fingerprint density at radius 1 is 0.878 bits per heavy atom. The smallest absolute Gasteiger partial charge is 0.158 e. The molecule has 6 heteroatoms. The Kier molecular flexibility index (Phi) is 8.59. The van der Waals surface area contributed by atoms with Crippen molar-refractivity contribution in [1.82, 2.24) is 9.80 Å². The molecule has 6 rings (SSSR count). The van der Waals surface area contributed by atoms with Crippen LogP contribution in [0.25, 0.3) is 0 Å². The molecule has 0 amide bonds. The van der Waals surface area contributed by atoms with Crippen LogP contribution < -0.4 is 4.74 Å². The van der Waals surface area contributed by atoms with Crippen LogP contribution in [0.1, 0.15) is 55.7 Å². The first-order chi connectivity index (χ1) is 20.1. The number of methoxy groups -OCH3 is 2. The van der Waals surface area contributed by atoms with Crippen molar-refractivity contribution >= 4 is 0 Å². The fraction of sp³-hybridized carbons (Fsp3) is 0.543. The summed E-state index contributed by atoms with van der Waals surface area (Å²) in [6.45, 7) is 5.84. The molecule has 2 fully saturated rings. The normalized spacial score (nSPS) is 27.4. The van der Waals surface area contributed by atoms with Crippen molar-refractivity contribution in [2.75, 3.05) is 33.9 Å². The van der Waals surface area contributed by atoms with Crippen molar-refractivity contribution in [3.63, 3.8) is 0 Å². The van der Waals surface area contributed by atoms with E-state index in [2.05, 4.69) is 59.2 Å². The third-order valence-corrected chi connectivity index (χ3v) is 10.1. The highest BCUT2D eigenvalue weighted by Crippen LogP contribution is 2.40. The van der Waals surface area contributed by atoms with Gasteiger partial charge in [-0.25, -0.2) is 0 Å². The van der Waals surface area contributed by atoms with Crippen LogP contribution in [-0.2, 0) is 28.9 Å². The number of aryl methyl sites for hydroxylation is 1. The molecule has 1 N–H and O–H groups in total. The van der Waals surface area contributed by atoms with Crippen molar-refractivity contribution in [2.45, 2.75) is 76.5 Å². The number of likely N-dealkylation sites (N-methyl/N-ethyl adjacent to an activating group) is 1. The van der Waals surface area contributed by atoms with Gasteiger partial charge in [0.15, 0.2) is 11.5 Å². The molecule has 2 aliphatic heterocycles. The molecule has 0 saturated carbocycles. The van der Waals surface area contributed by atoms with Gasteiger partial charge in [-0.15, -0.1) is 0 Å². The van der Waals surface area contributed by atoms with Crippen molar-refractivity contribution in [1.29, 1.82) is 0 Å². The Labute approximate surface area is 245 Å². The lowest BCUT2D eigenvalue weighted by Crippen LogP contribution is -2.44. The van der Waals surface area contributed by atoms with E-state index in [1.807, 2.05) is 12.1 Å². The van der Waals surface area contributed by atoms with Gasteiger partial charge in [-0.2, -0.15) is 0 Å². The first-order valence-corrected chi connectivity index (χ1v) is 15.6. The Balaban J connectivity index is 1.13. The predicted molar refractivity (Wildman–Crippen MR) is 162 cm³/mol. The molecule has 2 aromatic carbocycles. The van der Waals surface area contributed by atoms with E-state index in [0.717, 1.165) is 74.9 Å². The number of benzene rings is 2. The molecule has 0 spiro atoms. The van der Waals surface area contributed by atoms with Crippen LogP contribution >= 0.6 is 0 Å². The minimum Gasteiger partial charge on any atom is -0.508 e. The lowest BCUT2D eigenvalue weighted by atomic mass is 9.72. The third kappa shape index (κ3) is 6.00. The molecule has 2 aliphatic carbocycles. The van der Waals surface area contributed by atoms with Gasteiger partial charge in [0.1, 0.15) is 18.1 Å². The van der Waals surface area contributed by atoms with E-state index in [4.69, 9.17) is 14.2 Å². The molecule has 6 nitrogen and oxygen atoms in total. The van der Waals surface area contributed by atoms with E-state index in [1.54, 1.807) is 14.2 Å². The van der Waals surface area contributed by atoms with Crippen molar-refractivity contribution in [3.05, 3.63) is 82.8 Å². The maximum absolute atomic E-state index is 9.97. The summed E-state index contributed by atoms with van der Waals surface area (Å²) in [5.74, 6) is 3.73. The number of phenolic OH excluding ortho intramolecular Hbond substituents is 1. The Bertz CT molecular complexity index is 1240. The molecule has 220 valence electrons. The van der Waals surface area contributed by atoms with Gasteiger partial charge in [0, 0.05) is 37.1 Å². The molecule has 2 unspecified atom stereocenters. The molecule has 2 bridgehead atoms. The quantitative estimate of drug-likeness (QED) is 0.361.